The van der Waals surface area contributed by atoms with E-state index in [0.717, 1.165) is 50.8 Å². The third-order valence-electron chi connectivity index (χ3n) is 9.27. The molecule has 41 heavy (non-hydrogen) atoms. The molecule has 0 bridgehead atoms. The lowest BCUT2D eigenvalue weighted by Gasteiger charge is -2.32. The van der Waals surface area contributed by atoms with E-state index in [9.17, 15) is 9.18 Å². The van der Waals surface area contributed by atoms with Gasteiger partial charge in [-0.2, -0.15) is 0 Å². The number of ether oxygens (including phenoxy) is 1. The lowest BCUT2D eigenvalue weighted by atomic mass is 9.93. The van der Waals surface area contributed by atoms with Crippen molar-refractivity contribution in [1.29, 1.82) is 0 Å². The average Bonchev–Trinajstić information content (AvgIpc) is 3.59. The summed E-state index contributed by atoms with van der Waals surface area (Å²) in [6, 6.07) is 10.8. The van der Waals surface area contributed by atoms with Crippen molar-refractivity contribution < 1.29 is 13.9 Å². The molecule has 6 nitrogen and oxygen atoms in total. The number of nitrogens with two attached hydrogens (primary N) is 1. The number of hydrogen-bond donors (Lipinski definition) is 2. The number of methoxy groups -OCH3 is 1. The number of halogens is 2. The number of pyridine rings is 1. The summed E-state index contributed by atoms with van der Waals surface area (Å²) in [5, 5.41) is 3.81. The Bertz CT molecular complexity index is 1480. The van der Waals surface area contributed by atoms with E-state index in [4.69, 9.17) is 27.1 Å². The van der Waals surface area contributed by atoms with Crippen LogP contribution in [-0.4, -0.2) is 41.5 Å². The van der Waals surface area contributed by atoms with E-state index in [-0.39, 0.29) is 29.2 Å². The molecule has 218 valence electrons. The molecule has 0 radical (unpaired) electrons. The smallest absolute Gasteiger partial charge is 0.223 e. The van der Waals surface area contributed by atoms with Crippen LogP contribution < -0.4 is 15.8 Å². The van der Waals surface area contributed by atoms with Gasteiger partial charge in [-0.25, -0.2) is 9.37 Å². The molecule has 8 heteroatoms. The third kappa shape index (κ3) is 5.30. The number of rotatable bonds is 8. The van der Waals surface area contributed by atoms with Crippen molar-refractivity contribution in [3.8, 4) is 28.3 Å². The Morgan fingerprint density at radius 1 is 1.29 bits per heavy atom. The maximum absolute atomic E-state index is 14.9. The highest BCUT2D eigenvalue weighted by molar-refractivity contribution is 6.36. The van der Waals surface area contributed by atoms with Gasteiger partial charge in [0.1, 0.15) is 5.82 Å². The fraction of sp³-hybridized carbons (Fsp3) is 0.455. The van der Waals surface area contributed by atoms with Gasteiger partial charge in [0.15, 0.2) is 0 Å². The first-order valence-electron chi connectivity index (χ1n) is 14.6. The van der Waals surface area contributed by atoms with Gasteiger partial charge in [-0.1, -0.05) is 50.6 Å². The number of likely N-dealkylation sites (tertiary alicyclic amines) is 1. The first kappa shape index (κ1) is 29.3. The second-order valence-corrected chi connectivity index (χ2v) is 12.0. The summed E-state index contributed by atoms with van der Waals surface area (Å²) in [6.45, 7) is 9.71. The molecule has 3 aromatic rings. The number of hydrogen-bond acceptors (Lipinski definition) is 5. The van der Waals surface area contributed by atoms with Crippen LogP contribution in [0.2, 0.25) is 5.02 Å². The van der Waals surface area contributed by atoms with Crippen LogP contribution in [0.25, 0.3) is 22.4 Å². The van der Waals surface area contributed by atoms with Gasteiger partial charge < -0.3 is 15.8 Å². The van der Waals surface area contributed by atoms with Crippen molar-refractivity contribution >= 4 is 23.2 Å². The van der Waals surface area contributed by atoms with Gasteiger partial charge in [0.2, 0.25) is 11.8 Å². The molecule has 2 aliphatic rings. The van der Waals surface area contributed by atoms with E-state index in [1.54, 1.807) is 20.1 Å². The molecule has 3 unspecified atom stereocenters. The van der Waals surface area contributed by atoms with E-state index in [1.165, 1.54) is 11.6 Å². The second kappa shape index (κ2) is 11.6. The summed E-state index contributed by atoms with van der Waals surface area (Å²) in [6.07, 6.45) is 4.49. The molecule has 1 aliphatic carbocycles. The minimum atomic E-state index is -0.368. The lowest BCUT2D eigenvalue weighted by molar-refractivity contribution is -0.126. The Balaban J connectivity index is 1.47. The summed E-state index contributed by atoms with van der Waals surface area (Å²) >= 11 is 6.94. The topological polar surface area (TPSA) is 80.5 Å². The zero-order chi connectivity index (χ0) is 29.5. The number of aryl methyl sites for hydroxylation is 1. The van der Waals surface area contributed by atoms with Crippen molar-refractivity contribution in [2.75, 3.05) is 25.9 Å². The number of aromatic nitrogens is 1. The first-order valence-corrected chi connectivity index (χ1v) is 15.0. The molecule has 2 aromatic carbocycles. The Labute approximate surface area is 247 Å². The Morgan fingerprint density at radius 2 is 2.05 bits per heavy atom. The molecule has 3 atom stereocenters. The molecule has 1 aliphatic heterocycles. The molecule has 0 saturated carbocycles. The quantitative estimate of drug-likeness (QED) is 0.278. The number of carbonyl (C=O) groups excluding carboxylic acids is 1. The number of benzene rings is 2. The van der Waals surface area contributed by atoms with Crippen LogP contribution >= 0.6 is 11.6 Å². The highest BCUT2D eigenvalue weighted by Crippen LogP contribution is 2.46. The van der Waals surface area contributed by atoms with Crippen molar-refractivity contribution in [1.82, 2.24) is 15.2 Å². The molecular formula is C33H40ClFN4O2. The number of amides is 1. The summed E-state index contributed by atoms with van der Waals surface area (Å²) in [5.74, 6) is 0.365. The van der Waals surface area contributed by atoms with E-state index >= 15 is 0 Å². The number of fused-ring (bicyclic) bond motifs is 1. The van der Waals surface area contributed by atoms with Crippen LogP contribution in [-0.2, 0) is 11.2 Å². The zero-order valence-corrected chi connectivity index (χ0v) is 25.4. The highest BCUT2D eigenvalue weighted by atomic mass is 35.5. The van der Waals surface area contributed by atoms with Crippen LogP contribution in [0.5, 0.6) is 5.88 Å². The monoisotopic (exact) mass is 578 g/mol. The van der Waals surface area contributed by atoms with Gasteiger partial charge in [0.25, 0.3) is 0 Å². The predicted molar refractivity (Wildman–Crippen MR) is 164 cm³/mol. The predicted octanol–water partition coefficient (Wildman–Crippen LogP) is 7.11. The van der Waals surface area contributed by atoms with Gasteiger partial charge in [0, 0.05) is 53.0 Å². The summed E-state index contributed by atoms with van der Waals surface area (Å²) in [4.78, 5) is 20.2. The minimum absolute atomic E-state index is 0.00683. The minimum Gasteiger partial charge on any atom is -0.481 e. The molecule has 3 N–H and O–H groups in total. The molecule has 1 saturated heterocycles. The average molecular weight is 579 g/mol. The van der Waals surface area contributed by atoms with Gasteiger partial charge in [-0.05, 0) is 68.4 Å². The van der Waals surface area contributed by atoms with E-state index in [2.05, 4.69) is 23.2 Å². The summed E-state index contributed by atoms with van der Waals surface area (Å²) in [5.41, 5.74) is 11.7. The van der Waals surface area contributed by atoms with Crippen LogP contribution in [0.4, 0.5) is 10.1 Å². The van der Waals surface area contributed by atoms with Crippen LogP contribution in [0.15, 0.2) is 36.4 Å². The Morgan fingerprint density at radius 3 is 2.76 bits per heavy atom. The number of nitrogens with one attached hydrogen (secondary N) is 1. The van der Waals surface area contributed by atoms with E-state index in [0.29, 0.717) is 44.5 Å². The number of nitrogen functional groups attached to an aromatic ring is 1. The maximum atomic E-state index is 14.9. The molecule has 5 rings (SSSR count). The Hall–Kier alpha value is -3.16. The normalized spacial score (nSPS) is 21.1. The zero-order valence-electron chi connectivity index (χ0n) is 24.6. The summed E-state index contributed by atoms with van der Waals surface area (Å²) in [7, 11) is 1.65. The first-order chi connectivity index (χ1) is 19.6. The molecule has 1 amide bonds. The Kier molecular flexibility index (Phi) is 8.31. The summed E-state index contributed by atoms with van der Waals surface area (Å²) < 4.78 is 20.8. The maximum Gasteiger partial charge on any atom is 0.223 e. The fourth-order valence-corrected chi connectivity index (χ4v) is 6.73. The fourth-order valence-electron chi connectivity index (χ4n) is 6.41. The van der Waals surface area contributed by atoms with Gasteiger partial charge in [0.05, 0.1) is 23.4 Å². The highest BCUT2D eigenvalue weighted by Gasteiger charge is 2.43. The number of anilines is 1. The second-order valence-electron chi connectivity index (χ2n) is 11.6. The van der Waals surface area contributed by atoms with E-state index in [1.807, 2.05) is 32.0 Å². The lowest BCUT2D eigenvalue weighted by Crippen LogP contribution is -2.51. The van der Waals surface area contributed by atoms with Gasteiger partial charge >= 0.3 is 0 Å². The van der Waals surface area contributed by atoms with Gasteiger partial charge in [-0.15, -0.1) is 0 Å². The van der Waals surface area contributed by atoms with Crippen molar-refractivity contribution in [3.05, 3.63) is 63.9 Å². The van der Waals surface area contributed by atoms with Crippen LogP contribution in [0.3, 0.4) is 0 Å². The molecule has 0 spiro atoms. The van der Waals surface area contributed by atoms with Crippen molar-refractivity contribution in [3.63, 3.8) is 0 Å². The molecule has 1 fully saturated rings. The SMILES string of the molecule is CCC(C)C(=O)NC1(CC)CCN(C2CCc3cc(-c4cccc(-c5c(F)ccc(N)c5C)c4Cl)nc(OC)c32)C1. The van der Waals surface area contributed by atoms with E-state index < -0.39 is 0 Å². The molecular weight excluding hydrogens is 539 g/mol. The third-order valence-corrected chi connectivity index (χ3v) is 9.68. The molecule has 2 heterocycles. The number of nitrogens with zero attached hydrogens (tertiary/aromatic N) is 2. The van der Waals surface area contributed by atoms with Crippen LogP contribution in [0.1, 0.15) is 69.2 Å². The van der Waals surface area contributed by atoms with Crippen molar-refractivity contribution in [2.24, 2.45) is 5.92 Å². The standard InChI is InChI=1S/C33H40ClFN4O2/c1-6-19(3)31(40)38-33(7-2)15-16-39(18-33)27-14-11-21-17-26(37-32(41-5)29(21)27)22-9-8-10-23(30(22)34)28-20(4)25(36)13-12-24(28)35/h8-10,12-13,17,19,27H,6-7,11,14-16,18,36H2,1-5H3,(H,38,40). The van der Waals surface area contributed by atoms with Crippen molar-refractivity contribution in [2.45, 2.75) is 71.4 Å². The number of carbonyl (C=O) groups is 1. The van der Waals surface area contributed by atoms with Crippen LogP contribution in [0, 0.1) is 18.7 Å². The largest absolute Gasteiger partial charge is 0.481 e. The van der Waals surface area contributed by atoms with Gasteiger partial charge in [-0.3, -0.25) is 9.69 Å². The molecule has 1 aromatic heterocycles.